The lowest BCUT2D eigenvalue weighted by Gasteiger charge is -2.19. The van der Waals surface area contributed by atoms with Crippen molar-refractivity contribution in [1.82, 2.24) is 19.7 Å². The molecule has 160 valence electrons. The van der Waals surface area contributed by atoms with E-state index in [1.54, 1.807) is 0 Å². The summed E-state index contributed by atoms with van der Waals surface area (Å²) in [5.41, 5.74) is 1.03. The van der Waals surface area contributed by atoms with Crippen molar-refractivity contribution < 1.29 is 27.1 Å². The van der Waals surface area contributed by atoms with Gasteiger partial charge in [-0.1, -0.05) is 29.5 Å². The highest BCUT2D eigenvalue weighted by Gasteiger charge is 2.32. The van der Waals surface area contributed by atoms with E-state index in [9.17, 15) is 22.4 Å². The summed E-state index contributed by atoms with van der Waals surface area (Å²) < 4.78 is 57.5. The Kier molecular flexibility index (Phi) is 5.36. The molecule has 0 saturated carbocycles. The number of aromatic nitrogens is 3. The van der Waals surface area contributed by atoms with E-state index >= 15 is 0 Å². The smallest absolute Gasteiger partial charge is 0.405 e. The van der Waals surface area contributed by atoms with Crippen molar-refractivity contribution >= 4 is 27.5 Å². The topological polar surface area (TPSA) is 60.2 Å². The number of rotatable bonds is 5. The third kappa shape index (κ3) is 4.66. The molecule has 2 aromatic carbocycles. The van der Waals surface area contributed by atoms with Gasteiger partial charge >= 0.3 is 6.36 Å². The first-order valence-electron chi connectivity index (χ1n) is 8.90. The molecule has 4 rings (SSSR count). The summed E-state index contributed by atoms with van der Waals surface area (Å²) in [4.78, 5) is 18.4. The maximum atomic E-state index is 13.4. The number of para-hydroxylation sites is 1. The van der Waals surface area contributed by atoms with Crippen molar-refractivity contribution in [1.29, 1.82) is 0 Å². The number of hydrogen-bond acceptors (Lipinski definition) is 5. The molecule has 1 amide bonds. The number of carbonyl (C=O) groups excluding carboxylic acids is 1. The van der Waals surface area contributed by atoms with E-state index in [0.29, 0.717) is 11.2 Å². The lowest BCUT2D eigenvalue weighted by atomic mass is 10.1. The molecule has 0 N–H and O–H groups in total. The van der Waals surface area contributed by atoms with Gasteiger partial charge in [0, 0.05) is 31.4 Å². The molecule has 0 aliphatic rings. The van der Waals surface area contributed by atoms with E-state index in [-0.39, 0.29) is 17.7 Å². The standard InChI is InChI=1S/C20H14F4N4O2S/c1-27(10-12-6-7-14(21)8-16(12)30-20(22,23)24)18(29)13-9-25-28(11-13)19-26-15-4-2-3-5-17(15)31-19/h2-9,11H,10H2,1H3. The summed E-state index contributed by atoms with van der Waals surface area (Å²) in [5, 5.41) is 4.74. The first kappa shape index (κ1) is 20.8. The number of benzene rings is 2. The molecule has 0 spiro atoms. The molecule has 2 aromatic heterocycles. The van der Waals surface area contributed by atoms with Gasteiger partial charge in [-0.3, -0.25) is 4.79 Å². The fraction of sp³-hybridized carbons (Fsp3) is 0.150. The Balaban J connectivity index is 1.53. The normalized spacial score (nSPS) is 11.6. The van der Waals surface area contributed by atoms with E-state index in [0.717, 1.165) is 22.3 Å². The van der Waals surface area contributed by atoms with Gasteiger partial charge in [-0.2, -0.15) is 5.10 Å². The van der Waals surface area contributed by atoms with Gasteiger partial charge in [-0.25, -0.2) is 14.1 Å². The van der Waals surface area contributed by atoms with Crippen molar-refractivity contribution in [2.45, 2.75) is 12.9 Å². The van der Waals surface area contributed by atoms with E-state index in [1.807, 2.05) is 24.3 Å². The number of nitrogens with zero attached hydrogens (tertiary/aromatic N) is 4. The average Bonchev–Trinajstić information content (AvgIpc) is 3.35. The van der Waals surface area contributed by atoms with Crippen LogP contribution in [0.15, 0.2) is 54.9 Å². The van der Waals surface area contributed by atoms with Crippen LogP contribution in [0.25, 0.3) is 15.3 Å². The molecule has 0 atom stereocenters. The zero-order valence-corrected chi connectivity index (χ0v) is 16.7. The van der Waals surface area contributed by atoms with Gasteiger partial charge in [0.1, 0.15) is 11.6 Å². The maximum absolute atomic E-state index is 13.4. The van der Waals surface area contributed by atoms with Crippen LogP contribution in [-0.2, 0) is 6.54 Å². The van der Waals surface area contributed by atoms with E-state index in [1.165, 1.54) is 40.4 Å². The molecule has 31 heavy (non-hydrogen) atoms. The maximum Gasteiger partial charge on any atom is 0.573 e. The number of carbonyl (C=O) groups is 1. The molecule has 2 heterocycles. The second kappa shape index (κ2) is 7.99. The van der Waals surface area contributed by atoms with Crippen LogP contribution in [0, 0.1) is 5.82 Å². The van der Waals surface area contributed by atoms with Gasteiger partial charge < -0.3 is 9.64 Å². The van der Waals surface area contributed by atoms with Crippen LogP contribution in [-0.4, -0.2) is 39.0 Å². The highest BCUT2D eigenvalue weighted by Crippen LogP contribution is 2.29. The average molecular weight is 450 g/mol. The Bertz CT molecular complexity index is 1220. The van der Waals surface area contributed by atoms with Crippen LogP contribution in [0.1, 0.15) is 15.9 Å². The van der Waals surface area contributed by atoms with Crippen LogP contribution in [0.5, 0.6) is 5.75 Å². The first-order valence-corrected chi connectivity index (χ1v) is 9.71. The minimum Gasteiger partial charge on any atom is -0.405 e. The number of halogens is 4. The lowest BCUT2D eigenvalue weighted by Crippen LogP contribution is -2.27. The quantitative estimate of drug-likeness (QED) is 0.410. The third-order valence-corrected chi connectivity index (χ3v) is 5.34. The minimum atomic E-state index is -4.98. The summed E-state index contributed by atoms with van der Waals surface area (Å²) in [6, 6.07) is 10.3. The number of alkyl halides is 3. The molecular weight excluding hydrogens is 436 g/mol. The summed E-state index contributed by atoms with van der Waals surface area (Å²) in [6.45, 7) is -0.225. The predicted molar refractivity (Wildman–Crippen MR) is 106 cm³/mol. The van der Waals surface area contributed by atoms with Crippen LogP contribution in [0.3, 0.4) is 0 Å². The Morgan fingerprint density at radius 2 is 2.00 bits per heavy atom. The Morgan fingerprint density at radius 3 is 2.74 bits per heavy atom. The van der Waals surface area contributed by atoms with Gasteiger partial charge in [-0.05, 0) is 18.2 Å². The molecular formula is C20H14F4N4O2S. The van der Waals surface area contributed by atoms with Gasteiger partial charge in [0.25, 0.3) is 5.91 Å². The van der Waals surface area contributed by atoms with Crippen LogP contribution in [0.2, 0.25) is 0 Å². The largest absolute Gasteiger partial charge is 0.573 e. The van der Waals surface area contributed by atoms with Crippen molar-refractivity contribution in [2.24, 2.45) is 0 Å². The summed E-state index contributed by atoms with van der Waals surface area (Å²) in [6.07, 6.45) is -2.14. The molecule has 6 nitrogen and oxygen atoms in total. The highest BCUT2D eigenvalue weighted by molar-refractivity contribution is 7.20. The second-order valence-corrected chi connectivity index (χ2v) is 7.61. The van der Waals surface area contributed by atoms with Gasteiger partial charge in [0.05, 0.1) is 22.0 Å². The lowest BCUT2D eigenvalue weighted by molar-refractivity contribution is -0.275. The number of fused-ring (bicyclic) bond motifs is 1. The molecule has 11 heteroatoms. The van der Waals surface area contributed by atoms with Gasteiger partial charge in [0.15, 0.2) is 0 Å². The molecule has 0 saturated heterocycles. The number of thiazole rings is 1. The Hall–Kier alpha value is -3.47. The van der Waals surface area contributed by atoms with E-state index < -0.39 is 23.8 Å². The Labute approximate surface area is 177 Å². The van der Waals surface area contributed by atoms with E-state index in [4.69, 9.17) is 0 Å². The minimum absolute atomic E-state index is 0.00754. The van der Waals surface area contributed by atoms with Crippen molar-refractivity contribution in [3.63, 3.8) is 0 Å². The molecule has 0 aliphatic carbocycles. The van der Waals surface area contributed by atoms with Crippen molar-refractivity contribution in [3.8, 4) is 10.9 Å². The molecule has 4 aromatic rings. The van der Waals surface area contributed by atoms with Crippen molar-refractivity contribution in [3.05, 3.63) is 71.8 Å². The zero-order chi connectivity index (χ0) is 22.2. The summed E-state index contributed by atoms with van der Waals surface area (Å²) >= 11 is 1.40. The second-order valence-electron chi connectivity index (χ2n) is 6.60. The third-order valence-electron chi connectivity index (χ3n) is 4.32. The Morgan fingerprint density at radius 1 is 1.23 bits per heavy atom. The van der Waals surface area contributed by atoms with Crippen molar-refractivity contribution in [2.75, 3.05) is 7.05 Å². The molecule has 0 aliphatic heterocycles. The monoisotopic (exact) mass is 450 g/mol. The fourth-order valence-electron chi connectivity index (χ4n) is 2.92. The molecule has 0 unspecified atom stereocenters. The number of hydrogen-bond donors (Lipinski definition) is 0. The number of amides is 1. The van der Waals surface area contributed by atoms with Crippen LogP contribution in [0.4, 0.5) is 17.6 Å². The SMILES string of the molecule is CN(Cc1ccc(F)cc1OC(F)(F)F)C(=O)c1cnn(-c2nc3ccccc3s2)c1. The van der Waals surface area contributed by atoms with E-state index in [2.05, 4.69) is 14.8 Å². The predicted octanol–water partition coefficient (Wildman–Crippen LogP) is 4.79. The van der Waals surface area contributed by atoms with Gasteiger partial charge in [0.2, 0.25) is 5.13 Å². The van der Waals surface area contributed by atoms with Crippen LogP contribution < -0.4 is 4.74 Å². The summed E-state index contributed by atoms with van der Waals surface area (Å²) in [5.74, 6) is -2.05. The zero-order valence-electron chi connectivity index (χ0n) is 15.9. The molecule has 0 bridgehead atoms. The summed E-state index contributed by atoms with van der Waals surface area (Å²) in [7, 11) is 1.41. The number of ether oxygens (including phenoxy) is 1. The fourth-order valence-corrected chi connectivity index (χ4v) is 3.82. The first-order chi connectivity index (χ1) is 14.7. The highest BCUT2D eigenvalue weighted by atomic mass is 32.1. The van der Waals surface area contributed by atoms with Gasteiger partial charge in [-0.15, -0.1) is 13.2 Å². The molecule has 0 fully saturated rings. The molecule has 0 radical (unpaired) electrons. The van der Waals surface area contributed by atoms with Crippen LogP contribution >= 0.6 is 11.3 Å².